The second-order valence-corrected chi connectivity index (χ2v) is 10.3. The number of benzene rings is 1. The minimum atomic E-state index is 0.156. The van der Waals surface area contributed by atoms with Crippen molar-refractivity contribution in [3.63, 3.8) is 0 Å². The van der Waals surface area contributed by atoms with Gasteiger partial charge in [0.1, 0.15) is 0 Å². The molecule has 2 saturated carbocycles. The van der Waals surface area contributed by atoms with Gasteiger partial charge in [-0.05, 0) is 68.8 Å². The monoisotopic (exact) mass is 422 g/mol. The van der Waals surface area contributed by atoms with Crippen molar-refractivity contribution < 1.29 is 9.53 Å². The highest BCUT2D eigenvalue weighted by molar-refractivity contribution is 6.07. The molecule has 1 aromatic carbocycles. The maximum absolute atomic E-state index is 13.2. The van der Waals surface area contributed by atoms with Crippen LogP contribution in [-0.4, -0.2) is 41.7 Å². The van der Waals surface area contributed by atoms with Gasteiger partial charge in [-0.2, -0.15) is 0 Å². The van der Waals surface area contributed by atoms with E-state index in [-0.39, 0.29) is 5.91 Å². The number of aromatic nitrogens is 1. The summed E-state index contributed by atoms with van der Waals surface area (Å²) in [5.74, 6) is 1.06. The van der Waals surface area contributed by atoms with Crippen LogP contribution in [0.3, 0.4) is 0 Å². The van der Waals surface area contributed by atoms with Crippen molar-refractivity contribution >= 4 is 16.8 Å². The number of hydrogen-bond donors (Lipinski definition) is 0. The fraction of sp³-hybridized carbons (Fsp3) is 0.667. The summed E-state index contributed by atoms with van der Waals surface area (Å²) >= 11 is 0. The van der Waals surface area contributed by atoms with Gasteiger partial charge in [0.05, 0.1) is 18.8 Å². The molecule has 3 aliphatic rings. The number of nitrogens with zero attached hydrogens (tertiary/aromatic N) is 2. The van der Waals surface area contributed by atoms with E-state index in [1.165, 1.54) is 76.1 Å². The molecule has 1 aromatic heterocycles. The Hall–Kier alpha value is -1.81. The van der Waals surface area contributed by atoms with Crippen LogP contribution in [0.15, 0.2) is 30.5 Å². The number of morpholine rings is 1. The number of carbonyl (C=O) groups excluding carboxylic acids is 1. The molecule has 4 heteroatoms. The summed E-state index contributed by atoms with van der Waals surface area (Å²) in [4.78, 5) is 15.1. The van der Waals surface area contributed by atoms with Gasteiger partial charge in [0.2, 0.25) is 0 Å². The molecule has 1 spiro atoms. The van der Waals surface area contributed by atoms with Crippen LogP contribution in [0.2, 0.25) is 0 Å². The lowest BCUT2D eigenvalue weighted by atomic mass is 9.63. The van der Waals surface area contributed by atoms with Crippen molar-refractivity contribution in [3.05, 3.63) is 36.0 Å². The Balaban J connectivity index is 1.20. The third-order valence-electron chi connectivity index (χ3n) is 8.41. The van der Waals surface area contributed by atoms with E-state index in [1.54, 1.807) is 0 Å². The number of amides is 1. The fourth-order valence-corrected chi connectivity index (χ4v) is 6.47. The summed E-state index contributed by atoms with van der Waals surface area (Å²) in [7, 11) is 0. The zero-order chi connectivity index (χ0) is 21.1. The lowest BCUT2D eigenvalue weighted by Gasteiger charge is -2.43. The molecule has 1 saturated heterocycles. The molecular formula is C27H38N2O2. The van der Waals surface area contributed by atoms with E-state index in [0.717, 1.165) is 28.8 Å². The molecule has 2 aliphatic carbocycles. The van der Waals surface area contributed by atoms with Crippen LogP contribution in [-0.2, 0) is 11.3 Å². The molecule has 2 aromatic rings. The topological polar surface area (TPSA) is 34.5 Å². The van der Waals surface area contributed by atoms with Crippen molar-refractivity contribution in [3.8, 4) is 0 Å². The first-order valence-electron chi connectivity index (χ1n) is 12.7. The van der Waals surface area contributed by atoms with E-state index < -0.39 is 0 Å². The zero-order valence-corrected chi connectivity index (χ0v) is 19.0. The minimum absolute atomic E-state index is 0.156. The maximum atomic E-state index is 13.2. The number of fused-ring (bicyclic) bond motifs is 1. The average Bonchev–Trinajstić information content (AvgIpc) is 3.20. The van der Waals surface area contributed by atoms with E-state index in [0.29, 0.717) is 26.3 Å². The molecule has 31 heavy (non-hydrogen) atoms. The molecule has 0 N–H and O–H groups in total. The van der Waals surface area contributed by atoms with Gasteiger partial charge in [-0.3, -0.25) is 4.79 Å². The maximum Gasteiger partial charge on any atom is 0.256 e. The van der Waals surface area contributed by atoms with E-state index in [4.69, 9.17) is 4.74 Å². The molecule has 3 fully saturated rings. The van der Waals surface area contributed by atoms with Crippen LogP contribution in [0.25, 0.3) is 10.9 Å². The van der Waals surface area contributed by atoms with E-state index in [2.05, 4.69) is 29.0 Å². The summed E-state index contributed by atoms with van der Waals surface area (Å²) in [5.41, 5.74) is 2.78. The predicted octanol–water partition coefficient (Wildman–Crippen LogP) is 6.03. The molecule has 0 unspecified atom stereocenters. The lowest BCUT2D eigenvalue weighted by molar-refractivity contribution is 0.0304. The molecule has 0 atom stereocenters. The Morgan fingerprint density at radius 1 is 1.00 bits per heavy atom. The zero-order valence-electron chi connectivity index (χ0n) is 19.0. The molecule has 0 radical (unpaired) electrons. The average molecular weight is 423 g/mol. The first kappa shape index (κ1) is 21.1. The Morgan fingerprint density at radius 3 is 2.52 bits per heavy atom. The van der Waals surface area contributed by atoms with Crippen molar-refractivity contribution in [2.75, 3.05) is 26.3 Å². The Morgan fingerprint density at radius 2 is 1.74 bits per heavy atom. The first-order valence-corrected chi connectivity index (χ1v) is 12.7. The van der Waals surface area contributed by atoms with Crippen molar-refractivity contribution in [2.45, 2.75) is 77.2 Å². The second-order valence-electron chi connectivity index (χ2n) is 10.3. The third-order valence-corrected chi connectivity index (χ3v) is 8.41. The Bertz CT molecular complexity index is 880. The Kier molecular flexibility index (Phi) is 6.36. The summed E-state index contributed by atoms with van der Waals surface area (Å²) in [6.07, 6.45) is 17.9. The van der Waals surface area contributed by atoms with Gasteiger partial charge < -0.3 is 14.2 Å². The van der Waals surface area contributed by atoms with Crippen LogP contribution in [0.1, 0.15) is 81.0 Å². The van der Waals surface area contributed by atoms with Crippen LogP contribution in [0, 0.1) is 11.3 Å². The molecule has 0 bridgehead atoms. The number of para-hydroxylation sites is 1. The number of aryl methyl sites for hydroxylation is 1. The van der Waals surface area contributed by atoms with Crippen LogP contribution >= 0.6 is 0 Å². The fourth-order valence-electron chi connectivity index (χ4n) is 6.47. The van der Waals surface area contributed by atoms with E-state index in [9.17, 15) is 4.79 Å². The van der Waals surface area contributed by atoms with Crippen LogP contribution < -0.4 is 0 Å². The standard InChI is InChI=1S/C27H38N2O2/c30-26(28-17-19-31-20-18-28)24-21-29(25-9-3-2-8-23(24)25)16-6-7-22-10-14-27(15-11-22)12-4-1-5-13-27/h2-3,8-9,21-22H,1,4-7,10-20H2. The molecule has 5 rings (SSSR count). The van der Waals surface area contributed by atoms with Gasteiger partial charge >= 0.3 is 0 Å². The summed E-state index contributed by atoms with van der Waals surface area (Å²) < 4.78 is 7.75. The normalized spacial score (nSPS) is 22.3. The highest BCUT2D eigenvalue weighted by atomic mass is 16.5. The number of rotatable bonds is 5. The lowest BCUT2D eigenvalue weighted by Crippen LogP contribution is -2.40. The molecule has 2 heterocycles. The highest BCUT2D eigenvalue weighted by Gasteiger charge is 2.35. The number of hydrogen-bond acceptors (Lipinski definition) is 2. The van der Waals surface area contributed by atoms with Gasteiger partial charge in [-0.25, -0.2) is 0 Å². The van der Waals surface area contributed by atoms with Gasteiger partial charge in [0, 0.05) is 36.7 Å². The first-order chi connectivity index (χ1) is 15.2. The quantitative estimate of drug-likeness (QED) is 0.589. The largest absolute Gasteiger partial charge is 0.378 e. The minimum Gasteiger partial charge on any atom is -0.378 e. The summed E-state index contributed by atoms with van der Waals surface area (Å²) in [6.45, 7) is 3.70. The van der Waals surface area contributed by atoms with Gasteiger partial charge in [0.15, 0.2) is 0 Å². The number of carbonyl (C=O) groups is 1. The summed E-state index contributed by atoms with van der Waals surface area (Å²) in [6, 6.07) is 8.40. The van der Waals surface area contributed by atoms with E-state index >= 15 is 0 Å². The molecule has 4 nitrogen and oxygen atoms in total. The highest BCUT2D eigenvalue weighted by Crippen LogP contribution is 2.49. The smallest absolute Gasteiger partial charge is 0.256 e. The van der Waals surface area contributed by atoms with Crippen LogP contribution in [0.5, 0.6) is 0 Å². The van der Waals surface area contributed by atoms with Crippen molar-refractivity contribution in [1.82, 2.24) is 9.47 Å². The molecule has 1 amide bonds. The SMILES string of the molecule is O=C(c1cn(CCCC2CCC3(CCCCC3)CC2)c2ccccc12)N1CCOCC1. The van der Waals surface area contributed by atoms with Crippen LogP contribution in [0.4, 0.5) is 0 Å². The van der Waals surface area contributed by atoms with Gasteiger partial charge in [-0.1, -0.05) is 37.5 Å². The van der Waals surface area contributed by atoms with Crippen molar-refractivity contribution in [1.29, 1.82) is 0 Å². The van der Waals surface area contributed by atoms with Crippen molar-refractivity contribution in [2.24, 2.45) is 11.3 Å². The number of ether oxygens (including phenoxy) is 1. The second kappa shape index (κ2) is 9.36. The van der Waals surface area contributed by atoms with E-state index in [1.807, 2.05) is 11.0 Å². The van der Waals surface area contributed by atoms with Gasteiger partial charge in [-0.15, -0.1) is 0 Å². The third kappa shape index (κ3) is 4.55. The summed E-state index contributed by atoms with van der Waals surface area (Å²) in [5, 5.41) is 1.09. The molecule has 1 aliphatic heterocycles. The predicted molar refractivity (Wildman–Crippen MR) is 125 cm³/mol. The Labute approximate surface area is 186 Å². The molecule has 168 valence electrons. The molecular weight excluding hydrogens is 384 g/mol. The van der Waals surface area contributed by atoms with Gasteiger partial charge in [0.25, 0.3) is 5.91 Å².